The Bertz CT molecular complexity index is 2310. The van der Waals surface area contributed by atoms with Crippen molar-refractivity contribution in [3.63, 3.8) is 0 Å². The molecule has 4 nitrogen and oxygen atoms in total. The van der Waals surface area contributed by atoms with Crippen molar-refractivity contribution >= 4 is 27.8 Å². The van der Waals surface area contributed by atoms with Crippen molar-refractivity contribution < 1.29 is 4.42 Å². The van der Waals surface area contributed by atoms with Crippen LogP contribution in [0.1, 0.15) is 23.7 Å². The van der Waals surface area contributed by atoms with Crippen molar-refractivity contribution in [2.24, 2.45) is 10.9 Å². The molecule has 0 spiro atoms. The number of amidine groups is 1. The second-order valence-electron chi connectivity index (χ2n) is 12.9. The van der Waals surface area contributed by atoms with Gasteiger partial charge in [0.25, 0.3) is 0 Å². The maximum Gasteiger partial charge on any atom is 0.147 e. The average Bonchev–Trinajstić information content (AvgIpc) is 3.77. The Balaban J connectivity index is 1.06. The zero-order valence-corrected chi connectivity index (χ0v) is 27.0. The van der Waals surface area contributed by atoms with Gasteiger partial charge in [-0.05, 0) is 81.6 Å². The summed E-state index contributed by atoms with van der Waals surface area (Å²) in [4.78, 5) is 5.29. The summed E-state index contributed by atoms with van der Waals surface area (Å²) in [6.45, 7) is 0.837. The van der Waals surface area contributed by atoms with E-state index in [0.717, 1.165) is 51.9 Å². The van der Waals surface area contributed by atoms with E-state index < -0.39 is 0 Å². The number of allylic oxidation sites excluding steroid dienone is 3. The summed E-state index contributed by atoms with van der Waals surface area (Å²) >= 11 is 0. The molecule has 1 aliphatic carbocycles. The van der Waals surface area contributed by atoms with Crippen LogP contribution in [0.4, 0.5) is 0 Å². The van der Waals surface area contributed by atoms with Crippen LogP contribution in [0.2, 0.25) is 0 Å². The summed E-state index contributed by atoms with van der Waals surface area (Å²) in [7, 11) is 0. The number of aliphatic imine (C=N–C) groups is 1. The zero-order valence-electron chi connectivity index (χ0n) is 27.0. The molecule has 0 saturated heterocycles. The molecule has 49 heavy (non-hydrogen) atoms. The molecule has 2 aliphatic rings. The summed E-state index contributed by atoms with van der Waals surface area (Å²) in [6.07, 6.45) is 9.65. The molecule has 7 aromatic rings. The number of nitrogens with zero attached hydrogens (tertiary/aromatic N) is 2. The summed E-state index contributed by atoms with van der Waals surface area (Å²) in [5.41, 5.74) is 14.8. The molecule has 0 bridgehead atoms. The summed E-state index contributed by atoms with van der Waals surface area (Å²) in [5.74, 6) is 1.28. The van der Waals surface area contributed by atoms with Crippen molar-refractivity contribution in [2.45, 2.75) is 12.6 Å². The number of furan rings is 1. The van der Waals surface area contributed by atoms with Gasteiger partial charge in [0.15, 0.2) is 0 Å². The van der Waals surface area contributed by atoms with E-state index in [0.29, 0.717) is 5.92 Å². The van der Waals surface area contributed by atoms with Gasteiger partial charge in [-0.3, -0.25) is 0 Å². The molecular formula is C45H35N3O. The number of nitrogens with one attached hydrogen (secondary N) is 1. The monoisotopic (exact) mass is 633 g/mol. The van der Waals surface area contributed by atoms with Crippen molar-refractivity contribution in [1.29, 1.82) is 0 Å². The van der Waals surface area contributed by atoms with E-state index in [9.17, 15) is 0 Å². The Morgan fingerprint density at radius 3 is 1.86 bits per heavy atom. The van der Waals surface area contributed by atoms with Gasteiger partial charge in [0.1, 0.15) is 23.2 Å². The first-order valence-electron chi connectivity index (χ1n) is 17.0. The maximum atomic E-state index is 6.27. The van der Waals surface area contributed by atoms with Crippen molar-refractivity contribution in [1.82, 2.24) is 10.4 Å². The third kappa shape index (κ3) is 5.77. The van der Waals surface area contributed by atoms with Crippen LogP contribution >= 0.6 is 0 Å². The Kier molecular flexibility index (Phi) is 7.49. The van der Waals surface area contributed by atoms with Crippen LogP contribution in [0.15, 0.2) is 179 Å². The minimum absolute atomic E-state index is 0.178. The first-order valence-corrected chi connectivity index (χ1v) is 17.0. The molecule has 1 aromatic heterocycles. The minimum Gasteiger partial charge on any atom is -0.456 e. The lowest BCUT2D eigenvalue weighted by Crippen LogP contribution is -2.40. The number of rotatable bonds is 7. The number of fused-ring (bicyclic) bond motifs is 3. The molecule has 2 unspecified atom stereocenters. The number of hydrogen-bond donors (Lipinski definition) is 1. The summed E-state index contributed by atoms with van der Waals surface area (Å²) in [6, 6.07) is 51.6. The number of para-hydroxylation sites is 1. The lowest BCUT2D eigenvalue weighted by atomic mass is 9.93. The highest BCUT2D eigenvalue weighted by molar-refractivity contribution is 6.05. The number of hydrogen-bond acceptors (Lipinski definition) is 4. The van der Waals surface area contributed by atoms with E-state index in [-0.39, 0.29) is 6.17 Å². The fourth-order valence-corrected chi connectivity index (χ4v) is 7.09. The number of benzene rings is 6. The first-order chi connectivity index (χ1) is 24.2. The van der Waals surface area contributed by atoms with Crippen molar-refractivity contribution in [3.8, 4) is 33.4 Å². The molecule has 236 valence electrons. The third-order valence-corrected chi connectivity index (χ3v) is 9.64. The quantitative estimate of drug-likeness (QED) is 0.190. The van der Waals surface area contributed by atoms with Crippen LogP contribution in [0.5, 0.6) is 0 Å². The van der Waals surface area contributed by atoms with E-state index in [1.54, 1.807) is 0 Å². The van der Waals surface area contributed by atoms with Crippen molar-refractivity contribution in [3.05, 3.63) is 181 Å². The van der Waals surface area contributed by atoms with Gasteiger partial charge in [-0.1, -0.05) is 140 Å². The standard InChI is InChI=1S/C45H35N3O/c1-4-12-31(13-5-1)30-48-45(36-24-25-41-40-18-10-11-19-42(40)49-43(41)29-36)46-44(47-48)35-22-20-34(21-23-35)39-27-37(32-14-6-2-7-15-32)26-38(28-39)33-16-8-3-9-17-33/h1-12,14-29,31,45H,13,30H2,(H,46,47). The summed E-state index contributed by atoms with van der Waals surface area (Å²) in [5, 5.41) is 4.54. The lowest BCUT2D eigenvalue weighted by Gasteiger charge is -2.27. The summed E-state index contributed by atoms with van der Waals surface area (Å²) < 4.78 is 6.27. The molecule has 9 rings (SSSR count). The van der Waals surface area contributed by atoms with Gasteiger partial charge < -0.3 is 9.84 Å². The Morgan fingerprint density at radius 2 is 1.18 bits per heavy atom. The predicted octanol–water partition coefficient (Wildman–Crippen LogP) is 11.0. The second kappa shape index (κ2) is 12.6. The van der Waals surface area contributed by atoms with Crippen LogP contribution in [-0.2, 0) is 0 Å². The molecule has 2 atom stereocenters. The van der Waals surface area contributed by atoms with Crippen LogP contribution in [0.25, 0.3) is 55.3 Å². The third-order valence-electron chi connectivity index (χ3n) is 9.64. The van der Waals surface area contributed by atoms with E-state index >= 15 is 0 Å². The topological polar surface area (TPSA) is 40.8 Å². The van der Waals surface area contributed by atoms with E-state index in [1.165, 1.54) is 33.4 Å². The molecule has 1 N–H and O–H groups in total. The van der Waals surface area contributed by atoms with E-state index in [4.69, 9.17) is 9.41 Å². The molecular weight excluding hydrogens is 599 g/mol. The molecule has 0 radical (unpaired) electrons. The fraction of sp³-hybridized carbons (Fsp3) is 0.0889. The Labute approximate surface area is 286 Å². The van der Waals surface area contributed by atoms with Gasteiger partial charge in [0, 0.05) is 22.9 Å². The highest BCUT2D eigenvalue weighted by atomic mass is 16.3. The fourth-order valence-electron chi connectivity index (χ4n) is 7.09. The number of hydrazine groups is 1. The van der Waals surface area contributed by atoms with Gasteiger partial charge in [-0.2, -0.15) is 5.01 Å². The lowest BCUT2D eigenvalue weighted by molar-refractivity contribution is 0.171. The highest BCUT2D eigenvalue weighted by Crippen LogP contribution is 2.36. The predicted molar refractivity (Wildman–Crippen MR) is 202 cm³/mol. The van der Waals surface area contributed by atoms with E-state index in [1.807, 2.05) is 12.1 Å². The highest BCUT2D eigenvalue weighted by Gasteiger charge is 2.30. The smallest absolute Gasteiger partial charge is 0.147 e. The van der Waals surface area contributed by atoms with Gasteiger partial charge in [-0.15, -0.1) is 0 Å². The minimum atomic E-state index is -0.178. The van der Waals surface area contributed by atoms with Gasteiger partial charge in [-0.25, -0.2) is 4.99 Å². The van der Waals surface area contributed by atoms with Gasteiger partial charge in [0.05, 0.1) is 0 Å². The molecule has 4 heteroatoms. The van der Waals surface area contributed by atoms with Crippen LogP contribution in [-0.4, -0.2) is 17.4 Å². The van der Waals surface area contributed by atoms with Gasteiger partial charge >= 0.3 is 0 Å². The van der Waals surface area contributed by atoms with Crippen molar-refractivity contribution in [2.75, 3.05) is 6.54 Å². The first kappa shape index (κ1) is 29.2. The molecule has 2 heterocycles. The SMILES string of the molecule is C1=CCC(CN2NC(c3ccc(-c4cc(-c5ccccc5)cc(-c5ccccc5)c4)cc3)=NC2c2ccc3c(c2)oc2ccccc23)C=C1. The Hall–Kier alpha value is -5.97. The zero-order chi connectivity index (χ0) is 32.6. The molecule has 1 aliphatic heterocycles. The van der Waals surface area contributed by atoms with Crippen LogP contribution in [0, 0.1) is 5.92 Å². The molecule has 0 fully saturated rings. The molecule has 0 amide bonds. The molecule has 0 saturated carbocycles. The average molecular weight is 634 g/mol. The molecule has 6 aromatic carbocycles. The van der Waals surface area contributed by atoms with Crippen LogP contribution < -0.4 is 5.43 Å². The Morgan fingerprint density at radius 1 is 0.571 bits per heavy atom. The maximum absolute atomic E-state index is 6.27. The normalized spacial score (nSPS) is 17.4. The largest absolute Gasteiger partial charge is 0.456 e. The van der Waals surface area contributed by atoms with Crippen LogP contribution in [0.3, 0.4) is 0 Å². The second-order valence-corrected chi connectivity index (χ2v) is 12.9. The van der Waals surface area contributed by atoms with E-state index in [2.05, 4.69) is 168 Å². The van der Waals surface area contributed by atoms with Gasteiger partial charge in [0.2, 0.25) is 0 Å².